The van der Waals surface area contributed by atoms with E-state index in [1.54, 1.807) is 43.3 Å². The molecule has 0 radical (unpaired) electrons. The lowest BCUT2D eigenvalue weighted by Crippen LogP contribution is -2.31. The number of benzene rings is 2. The van der Waals surface area contributed by atoms with Gasteiger partial charge in [-0.2, -0.15) is 8.78 Å². The van der Waals surface area contributed by atoms with E-state index in [9.17, 15) is 18.4 Å². The quantitative estimate of drug-likeness (QED) is 0.726. The monoisotopic (exact) mass is 363 g/mol. The number of alkyl halides is 2. The average Bonchev–Trinajstić information content (AvgIpc) is 2.60. The largest absolute Gasteiger partial charge is 0.484 e. The summed E-state index contributed by atoms with van der Waals surface area (Å²) >= 11 is 0. The van der Waals surface area contributed by atoms with Gasteiger partial charge in [0, 0.05) is 5.56 Å². The summed E-state index contributed by atoms with van der Waals surface area (Å²) in [7, 11) is 0. The molecule has 1 atom stereocenters. The summed E-state index contributed by atoms with van der Waals surface area (Å²) in [4.78, 5) is 23.3. The first kappa shape index (κ1) is 19.4. The molecule has 1 amide bonds. The van der Waals surface area contributed by atoms with Gasteiger partial charge in [-0.3, -0.25) is 9.59 Å². The molecule has 26 heavy (non-hydrogen) atoms. The smallest absolute Gasteiger partial charge is 0.387 e. The molecule has 2 aromatic rings. The van der Waals surface area contributed by atoms with Gasteiger partial charge in [-0.05, 0) is 43.7 Å². The maximum absolute atomic E-state index is 12.1. The number of ether oxygens (including phenoxy) is 2. The van der Waals surface area contributed by atoms with Crippen LogP contribution in [0.4, 0.5) is 8.78 Å². The molecule has 1 unspecified atom stereocenters. The molecule has 5 nitrogen and oxygen atoms in total. The molecule has 0 aromatic heterocycles. The van der Waals surface area contributed by atoms with Crippen molar-refractivity contribution in [1.82, 2.24) is 5.32 Å². The van der Waals surface area contributed by atoms with Crippen molar-refractivity contribution < 1.29 is 27.8 Å². The van der Waals surface area contributed by atoms with E-state index >= 15 is 0 Å². The Labute approximate surface area is 149 Å². The van der Waals surface area contributed by atoms with Gasteiger partial charge in [0.05, 0.1) is 6.04 Å². The van der Waals surface area contributed by atoms with Crippen LogP contribution in [0.3, 0.4) is 0 Å². The first-order valence-corrected chi connectivity index (χ1v) is 7.93. The van der Waals surface area contributed by atoms with E-state index in [4.69, 9.17) is 4.74 Å². The fourth-order valence-corrected chi connectivity index (χ4v) is 2.26. The van der Waals surface area contributed by atoms with Gasteiger partial charge < -0.3 is 14.8 Å². The first-order chi connectivity index (χ1) is 12.3. The molecule has 0 fully saturated rings. The first-order valence-electron chi connectivity index (χ1n) is 7.93. The van der Waals surface area contributed by atoms with Gasteiger partial charge in [0.1, 0.15) is 11.5 Å². The zero-order valence-electron chi connectivity index (χ0n) is 14.4. The molecule has 0 aliphatic heterocycles. The number of halogens is 2. The third-order valence-corrected chi connectivity index (χ3v) is 3.59. The second-order valence-electron chi connectivity index (χ2n) is 5.61. The Kier molecular flexibility index (Phi) is 6.66. The minimum Gasteiger partial charge on any atom is -0.484 e. The van der Waals surface area contributed by atoms with Crippen molar-refractivity contribution in [2.24, 2.45) is 0 Å². The van der Waals surface area contributed by atoms with Gasteiger partial charge in [0.15, 0.2) is 12.4 Å². The van der Waals surface area contributed by atoms with Crippen LogP contribution < -0.4 is 14.8 Å². The van der Waals surface area contributed by atoms with E-state index in [2.05, 4.69) is 10.1 Å². The number of nitrogens with one attached hydrogen (secondary N) is 1. The summed E-state index contributed by atoms with van der Waals surface area (Å²) in [5.74, 6) is 0.0383. The molecule has 0 saturated carbocycles. The molecule has 0 bridgehead atoms. The highest BCUT2D eigenvalue weighted by Gasteiger charge is 2.11. The summed E-state index contributed by atoms with van der Waals surface area (Å²) in [6.45, 7) is 0.123. The molecule has 2 aromatic carbocycles. The third kappa shape index (κ3) is 5.84. The Morgan fingerprint density at radius 1 is 1.08 bits per heavy atom. The van der Waals surface area contributed by atoms with Crippen LogP contribution >= 0.6 is 0 Å². The van der Waals surface area contributed by atoms with Crippen LogP contribution in [-0.2, 0) is 4.79 Å². The van der Waals surface area contributed by atoms with E-state index in [0.29, 0.717) is 11.3 Å². The van der Waals surface area contributed by atoms with Crippen LogP contribution in [0.1, 0.15) is 35.8 Å². The van der Waals surface area contributed by atoms with Crippen LogP contribution in [-0.4, -0.2) is 24.9 Å². The van der Waals surface area contributed by atoms with Gasteiger partial charge in [0.25, 0.3) is 5.91 Å². The third-order valence-electron chi connectivity index (χ3n) is 3.59. The summed E-state index contributed by atoms with van der Waals surface area (Å²) in [5.41, 5.74) is 1.24. The SMILES string of the molecule is CC(=O)c1cccc(OCC(=O)NC(C)c2ccc(OC(F)F)cc2)c1. The standard InChI is InChI=1S/C19H19F2NO4/c1-12(14-6-8-16(9-7-14)26-19(20)21)22-18(24)11-25-17-5-3-4-15(10-17)13(2)23/h3-10,12,19H,11H2,1-2H3,(H,22,24). The fraction of sp³-hybridized carbons (Fsp3) is 0.263. The van der Waals surface area contributed by atoms with Crippen molar-refractivity contribution in [3.05, 3.63) is 59.7 Å². The summed E-state index contributed by atoms with van der Waals surface area (Å²) in [6, 6.07) is 12.2. The Hall–Kier alpha value is -2.96. The number of amides is 1. The lowest BCUT2D eigenvalue weighted by Gasteiger charge is -2.15. The minimum atomic E-state index is -2.88. The van der Waals surface area contributed by atoms with Crippen molar-refractivity contribution in [2.75, 3.05) is 6.61 Å². The maximum Gasteiger partial charge on any atom is 0.387 e. The molecular formula is C19H19F2NO4. The molecule has 0 heterocycles. The molecule has 2 rings (SSSR count). The zero-order chi connectivity index (χ0) is 19.1. The Balaban J connectivity index is 1.87. The predicted molar refractivity (Wildman–Crippen MR) is 91.6 cm³/mol. The van der Waals surface area contributed by atoms with Gasteiger partial charge >= 0.3 is 6.61 Å². The Bertz CT molecular complexity index is 762. The van der Waals surface area contributed by atoms with Crippen molar-refractivity contribution in [1.29, 1.82) is 0 Å². The van der Waals surface area contributed by atoms with Gasteiger partial charge in [-0.25, -0.2) is 0 Å². The predicted octanol–water partition coefficient (Wildman–Crippen LogP) is 3.75. The minimum absolute atomic E-state index is 0.0518. The molecule has 0 aliphatic carbocycles. The van der Waals surface area contributed by atoms with E-state index in [0.717, 1.165) is 5.56 Å². The number of carbonyl (C=O) groups excluding carboxylic acids is 2. The van der Waals surface area contributed by atoms with Crippen LogP contribution in [0.25, 0.3) is 0 Å². The van der Waals surface area contributed by atoms with Gasteiger partial charge in [-0.15, -0.1) is 0 Å². The summed E-state index contributed by atoms with van der Waals surface area (Å²) in [6.07, 6.45) is 0. The molecular weight excluding hydrogens is 344 g/mol. The highest BCUT2D eigenvalue weighted by Crippen LogP contribution is 2.19. The van der Waals surface area contributed by atoms with Crippen LogP contribution in [0.5, 0.6) is 11.5 Å². The van der Waals surface area contributed by atoms with Crippen LogP contribution in [0.15, 0.2) is 48.5 Å². The van der Waals surface area contributed by atoms with Crippen molar-refractivity contribution in [2.45, 2.75) is 26.5 Å². The van der Waals surface area contributed by atoms with Crippen molar-refractivity contribution in [3.63, 3.8) is 0 Å². The molecule has 0 spiro atoms. The van der Waals surface area contributed by atoms with E-state index < -0.39 is 6.61 Å². The lowest BCUT2D eigenvalue weighted by atomic mass is 10.1. The number of ketones is 1. The highest BCUT2D eigenvalue weighted by atomic mass is 19.3. The topological polar surface area (TPSA) is 64.6 Å². The maximum atomic E-state index is 12.1. The highest BCUT2D eigenvalue weighted by molar-refractivity contribution is 5.94. The van der Waals surface area contributed by atoms with Gasteiger partial charge in [0.2, 0.25) is 0 Å². The summed E-state index contributed by atoms with van der Waals surface area (Å²) in [5, 5.41) is 2.74. The zero-order valence-corrected chi connectivity index (χ0v) is 14.4. The summed E-state index contributed by atoms with van der Waals surface area (Å²) < 4.78 is 33.9. The second-order valence-corrected chi connectivity index (χ2v) is 5.61. The Morgan fingerprint density at radius 3 is 2.38 bits per heavy atom. The molecule has 0 saturated heterocycles. The van der Waals surface area contributed by atoms with E-state index in [1.807, 2.05) is 0 Å². The molecule has 7 heteroatoms. The number of hydrogen-bond donors (Lipinski definition) is 1. The number of Topliss-reactive ketones (excluding diaryl/α,β-unsaturated/α-hetero) is 1. The van der Waals surface area contributed by atoms with Crippen LogP contribution in [0, 0.1) is 0 Å². The van der Waals surface area contributed by atoms with E-state index in [1.165, 1.54) is 19.1 Å². The van der Waals surface area contributed by atoms with Crippen molar-refractivity contribution >= 4 is 11.7 Å². The Morgan fingerprint density at radius 2 is 1.77 bits per heavy atom. The normalized spacial score (nSPS) is 11.7. The number of carbonyl (C=O) groups is 2. The van der Waals surface area contributed by atoms with Crippen molar-refractivity contribution in [3.8, 4) is 11.5 Å². The van der Waals surface area contributed by atoms with Gasteiger partial charge in [-0.1, -0.05) is 24.3 Å². The number of rotatable bonds is 8. The lowest BCUT2D eigenvalue weighted by molar-refractivity contribution is -0.123. The fourth-order valence-electron chi connectivity index (χ4n) is 2.26. The van der Waals surface area contributed by atoms with Crippen LogP contribution in [0.2, 0.25) is 0 Å². The second kappa shape index (κ2) is 8.94. The molecule has 138 valence electrons. The molecule has 1 N–H and O–H groups in total. The number of hydrogen-bond acceptors (Lipinski definition) is 4. The molecule has 0 aliphatic rings. The van der Waals surface area contributed by atoms with E-state index in [-0.39, 0.29) is 30.1 Å². The average molecular weight is 363 g/mol.